The number of hydrogen-bond donors (Lipinski definition) is 1. The molecule has 0 spiro atoms. The number of hydrogen-bond acceptors (Lipinski definition) is 2. The smallest absolute Gasteiger partial charge is 0.407 e. The van der Waals surface area contributed by atoms with Gasteiger partial charge in [-0.05, 0) is 30.5 Å². The first kappa shape index (κ1) is 12.8. The molecule has 1 atom stereocenters. The molecular formula is C12H16ClNO2. The van der Waals surface area contributed by atoms with Crippen molar-refractivity contribution in [3.05, 3.63) is 34.9 Å². The summed E-state index contributed by atoms with van der Waals surface area (Å²) in [5.41, 5.74) is 3.71. The molecule has 0 bridgehead atoms. The fourth-order valence-electron chi connectivity index (χ4n) is 1.91. The minimum atomic E-state index is -0.313. The minimum absolute atomic E-state index is 0. The van der Waals surface area contributed by atoms with Crippen LogP contribution < -0.4 is 5.32 Å². The Kier molecular flexibility index (Phi) is 4.19. The van der Waals surface area contributed by atoms with Crippen molar-refractivity contribution in [2.24, 2.45) is 0 Å². The summed E-state index contributed by atoms with van der Waals surface area (Å²) in [7, 11) is 0. The number of amides is 1. The quantitative estimate of drug-likeness (QED) is 0.821. The highest BCUT2D eigenvalue weighted by Gasteiger charge is 2.22. The van der Waals surface area contributed by atoms with E-state index in [1.165, 1.54) is 16.7 Å². The van der Waals surface area contributed by atoms with E-state index in [1.807, 2.05) is 6.07 Å². The van der Waals surface area contributed by atoms with Gasteiger partial charge in [0.25, 0.3) is 0 Å². The summed E-state index contributed by atoms with van der Waals surface area (Å²) in [6.45, 7) is 4.68. The molecule has 16 heavy (non-hydrogen) atoms. The fourth-order valence-corrected chi connectivity index (χ4v) is 1.91. The number of carbonyl (C=O) groups excluding carboxylic acids is 1. The zero-order chi connectivity index (χ0) is 10.8. The standard InChI is InChI=1S/C12H15NO2.ClH/c1-8-4-3-5-10(9(8)2)11-6-7-15-12(14)13-11;/h3-5,11H,6-7H2,1-2H3,(H,13,14);1H/t11-;/m0./s1. The van der Waals surface area contributed by atoms with Gasteiger partial charge in [-0.15, -0.1) is 12.4 Å². The second-order valence-corrected chi connectivity index (χ2v) is 3.91. The lowest BCUT2D eigenvalue weighted by Crippen LogP contribution is -2.35. The van der Waals surface area contributed by atoms with Crippen molar-refractivity contribution in [2.45, 2.75) is 26.3 Å². The summed E-state index contributed by atoms with van der Waals surface area (Å²) in [6.07, 6.45) is 0.530. The Bertz CT molecular complexity index is 393. The lowest BCUT2D eigenvalue weighted by Gasteiger charge is -2.25. The molecule has 1 aromatic rings. The predicted molar refractivity (Wildman–Crippen MR) is 65.0 cm³/mol. The van der Waals surface area contributed by atoms with Crippen LogP contribution in [0.5, 0.6) is 0 Å². The number of alkyl carbamates (subject to hydrolysis) is 1. The Morgan fingerprint density at radius 1 is 1.38 bits per heavy atom. The van der Waals surface area contributed by atoms with Crippen molar-refractivity contribution in [1.82, 2.24) is 5.32 Å². The molecule has 1 fully saturated rings. The second-order valence-electron chi connectivity index (χ2n) is 3.91. The number of nitrogens with one attached hydrogen (secondary N) is 1. The summed E-state index contributed by atoms with van der Waals surface area (Å²) in [6, 6.07) is 6.28. The summed E-state index contributed by atoms with van der Waals surface area (Å²) < 4.78 is 4.85. The highest BCUT2D eigenvalue weighted by Crippen LogP contribution is 2.24. The fraction of sp³-hybridized carbons (Fsp3) is 0.417. The van der Waals surface area contributed by atoms with Gasteiger partial charge in [0.05, 0.1) is 12.6 Å². The lowest BCUT2D eigenvalue weighted by molar-refractivity contribution is 0.115. The van der Waals surface area contributed by atoms with Crippen molar-refractivity contribution in [1.29, 1.82) is 0 Å². The third kappa shape index (κ3) is 2.47. The molecule has 0 radical (unpaired) electrons. The normalized spacial score (nSPS) is 19.4. The first-order chi connectivity index (χ1) is 7.18. The lowest BCUT2D eigenvalue weighted by atomic mass is 9.95. The van der Waals surface area contributed by atoms with Crippen LogP contribution in [0.2, 0.25) is 0 Å². The topological polar surface area (TPSA) is 38.3 Å². The zero-order valence-corrected chi connectivity index (χ0v) is 10.3. The van der Waals surface area contributed by atoms with Gasteiger partial charge in [-0.2, -0.15) is 0 Å². The van der Waals surface area contributed by atoms with Crippen LogP contribution in [0.1, 0.15) is 29.2 Å². The average Bonchev–Trinajstić information content (AvgIpc) is 2.22. The second kappa shape index (κ2) is 5.21. The maximum Gasteiger partial charge on any atom is 0.407 e. The van der Waals surface area contributed by atoms with E-state index in [9.17, 15) is 4.79 Å². The van der Waals surface area contributed by atoms with Crippen LogP contribution in [0.4, 0.5) is 4.79 Å². The summed E-state index contributed by atoms with van der Waals surface area (Å²) in [5, 5.41) is 2.84. The van der Waals surface area contributed by atoms with Crippen molar-refractivity contribution in [3.8, 4) is 0 Å². The SMILES string of the molecule is Cc1cccc([C@@H]2CCOC(=O)N2)c1C.Cl. The van der Waals surface area contributed by atoms with Gasteiger partial charge in [0.1, 0.15) is 0 Å². The number of aryl methyl sites for hydroxylation is 1. The van der Waals surface area contributed by atoms with E-state index in [0.29, 0.717) is 6.61 Å². The number of ether oxygens (including phenoxy) is 1. The van der Waals surface area contributed by atoms with Crippen molar-refractivity contribution >= 4 is 18.5 Å². The van der Waals surface area contributed by atoms with Crippen LogP contribution in [-0.2, 0) is 4.74 Å². The molecular weight excluding hydrogens is 226 g/mol. The molecule has 1 heterocycles. The van der Waals surface area contributed by atoms with E-state index in [-0.39, 0.29) is 24.5 Å². The molecule has 1 N–H and O–H groups in total. The molecule has 88 valence electrons. The van der Waals surface area contributed by atoms with Crippen LogP contribution in [0.25, 0.3) is 0 Å². The van der Waals surface area contributed by atoms with Crippen LogP contribution >= 0.6 is 12.4 Å². The summed E-state index contributed by atoms with van der Waals surface area (Å²) in [4.78, 5) is 11.1. The van der Waals surface area contributed by atoms with Gasteiger partial charge < -0.3 is 10.1 Å². The van der Waals surface area contributed by atoms with E-state index in [4.69, 9.17) is 4.74 Å². The molecule has 0 aliphatic carbocycles. The predicted octanol–water partition coefficient (Wildman–Crippen LogP) is 2.90. The van der Waals surface area contributed by atoms with Crippen molar-refractivity contribution in [2.75, 3.05) is 6.61 Å². The Hall–Kier alpha value is -1.22. The molecule has 1 aliphatic rings. The number of carbonyl (C=O) groups is 1. The minimum Gasteiger partial charge on any atom is -0.449 e. The highest BCUT2D eigenvalue weighted by atomic mass is 35.5. The average molecular weight is 242 g/mol. The number of benzene rings is 1. The van der Waals surface area contributed by atoms with Gasteiger partial charge in [-0.25, -0.2) is 4.79 Å². The molecule has 1 aliphatic heterocycles. The first-order valence-corrected chi connectivity index (χ1v) is 5.18. The van der Waals surface area contributed by atoms with E-state index in [0.717, 1.165) is 6.42 Å². The van der Waals surface area contributed by atoms with E-state index >= 15 is 0 Å². The maximum atomic E-state index is 11.1. The Labute approximate surface area is 102 Å². The third-order valence-electron chi connectivity index (χ3n) is 2.95. The van der Waals surface area contributed by atoms with Crippen molar-refractivity contribution < 1.29 is 9.53 Å². The van der Waals surface area contributed by atoms with E-state index in [1.54, 1.807) is 0 Å². The molecule has 2 rings (SSSR count). The van der Waals surface area contributed by atoms with Gasteiger partial charge in [0.2, 0.25) is 0 Å². The van der Waals surface area contributed by atoms with Gasteiger partial charge in [-0.1, -0.05) is 18.2 Å². The molecule has 0 saturated carbocycles. The Balaban J connectivity index is 0.00000128. The zero-order valence-electron chi connectivity index (χ0n) is 9.45. The maximum absolute atomic E-state index is 11.1. The molecule has 3 nitrogen and oxygen atoms in total. The van der Waals surface area contributed by atoms with Crippen LogP contribution in [0, 0.1) is 13.8 Å². The molecule has 1 aromatic carbocycles. The molecule has 1 saturated heterocycles. The number of halogens is 1. The Morgan fingerprint density at radius 2 is 2.12 bits per heavy atom. The summed E-state index contributed by atoms with van der Waals surface area (Å²) >= 11 is 0. The molecule has 0 unspecified atom stereocenters. The van der Waals surface area contributed by atoms with Crippen LogP contribution in [0.15, 0.2) is 18.2 Å². The van der Waals surface area contributed by atoms with Gasteiger partial charge >= 0.3 is 6.09 Å². The highest BCUT2D eigenvalue weighted by molar-refractivity contribution is 5.85. The Morgan fingerprint density at radius 3 is 2.81 bits per heavy atom. The van der Waals surface area contributed by atoms with E-state index in [2.05, 4.69) is 31.3 Å². The van der Waals surface area contributed by atoms with Gasteiger partial charge in [0, 0.05) is 6.42 Å². The van der Waals surface area contributed by atoms with Gasteiger partial charge in [0.15, 0.2) is 0 Å². The van der Waals surface area contributed by atoms with Crippen LogP contribution in [-0.4, -0.2) is 12.7 Å². The molecule has 4 heteroatoms. The number of cyclic esters (lactones) is 1. The monoisotopic (exact) mass is 241 g/mol. The van der Waals surface area contributed by atoms with Crippen LogP contribution in [0.3, 0.4) is 0 Å². The van der Waals surface area contributed by atoms with E-state index < -0.39 is 0 Å². The largest absolute Gasteiger partial charge is 0.449 e. The van der Waals surface area contributed by atoms with Gasteiger partial charge in [-0.3, -0.25) is 0 Å². The third-order valence-corrected chi connectivity index (χ3v) is 2.95. The summed E-state index contributed by atoms with van der Waals surface area (Å²) in [5.74, 6) is 0. The van der Waals surface area contributed by atoms with Crippen molar-refractivity contribution in [3.63, 3.8) is 0 Å². The molecule has 0 aromatic heterocycles. The molecule has 1 amide bonds. The number of rotatable bonds is 1. The first-order valence-electron chi connectivity index (χ1n) is 5.18.